The summed E-state index contributed by atoms with van der Waals surface area (Å²) in [5, 5.41) is 3.90. The lowest BCUT2D eigenvalue weighted by atomic mass is 10.2. The van der Waals surface area contributed by atoms with E-state index in [0.29, 0.717) is 11.3 Å². The van der Waals surface area contributed by atoms with Gasteiger partial charge >= 0.3 is 0 Å². The van der Waals surface area contributed by atoms with Crippen molar-refractivity contribution in [3.63, 3.8) is 0 Å². The van der Waals surface area contributed by atoms with Crippen molar-refractivity contribution < 1.29 is 9.53 Å². The number of carbonyl (C=O) groups is 1. The highest BCUT2D eigenvalue weighted by molar-refractivity contribution is 5.99. The molecule has 0 aliphatic carbocycles. The summed E-state index contributed by atoms with van der Waals surface area (Å²) >= 11 is 0. The molecule has 0 atom stereocenters. The van der Waals surface area contributed by atoms with Crippen LogP contribution in [0.1, 0.15) is 15.9 Å². The van der Waals surface area contributed by atoms with Crippen LogP contribution in [0.2, 0.25) is 0 Å². The quantitative estimate of drug-likeness (QED) is 0.506. The molecule has 2 aromatic carbocycles. The van der Waals surface area contributed by atoms with Gasteiger partial charge in [-0.05, 0) is 29.8 Å². The maximum Gasteiger partial charge on any atom is 0.273 e. The van der Waals surface area contributed by atoms with Crippen LogP contribution in [-0.4, -0.2) is 19.2 Å². The van der Waals surface area contributed by atoms with Gasteiger partial charge in [-0.3, -0.25) is 4.79 Å². The van der Waals surface area contributed by atoms with Crippen molar-refractivity contribution in [1.82, 2.24) is 5.43 Å². The van der Waals surface area contributed by atoms with Crippen molar-refractivity contribution in [2.24, 2.45) is 5.10 Å². The number of nitrogen functional groups attached to an aromatic ring is 1. The van der Waals surface area contributed by atoms with E-state index < -0.39 is 0 Å². The number of ether oxygens (including phenoxy) is 1. The summed E-state index contributed by atoms with van der Waals surface area (Å²) in [7, 11) is 1.59. The third-order valence-corrected chi connectivity index (χ3v) is 2.68. The van der Waals surface area contributed by atoms with E-state index in [1.54, 1.807) is 37.6 Å². The standard InChI is InChI=1S/C15H15N3O2/c1-20-12-6-4-5-11(9-12)10-17-18-15(19)13-7-2-3-8-14(13)16/h2-10H,16H2,1H3,(H,18,19)/b17-10-. The summed E-state index contributed by atoms with van der Waals surface area (Å²) in [6.45, 7) is 0. The molecule has 0 radical (unpaired) electrons. The smallest absolute Gasteiger partial charge is 0.273 e. The Morgan fingerprint density at radius 3 is 2.80 bits per heavy atom. The minimum Gasteiger partial charge on any atom is -0.497 e. The second-order valence-corrected chi connectivity index (χ2v) is 4.06. The summed E-state index contributed by atoms with van der Waals surface area (Å²) in [5.41, 5.74) is 9.79. The number of nitrogens with two attached hydrogens (primary N) is 1. The second-order valence-electron chi connectivity index (χ2n) is 4.06. The predicted octanol–water partition coefficient (Wildman–Crippen LogP) is 2.04. The number of hydrogen-bond acceptors (Lipinski definition) is 4. The fraction of sp³-hybridized carbons (Fsp3) is 0.0667. The molecule has 0 fully saturated rings. The lowest BCUT2D eigenvalue weighted by molar-refractivity contribution is 0.0956. The number of hydrazone groups is 1. The number of amides is 1. The SMILES string of the molecule is COc1cccc(/C=N\NC(=O)c2ccccc2N)c1. The van der Waals surface area contributed by atoms with Crippen molar-refractivity contribution in [2.45, 2.75) is 0 Å². The molecular weight excluding hydrogens is 254 g/mol. The van der Waals surface area contributed by atoms with E-state index in [1.807, 2.05) is 24.3 Å². The maximum atomic E-state index is 11.8. The molecular formula is C15H15N3O2. The van der Waals surface area contributed by atoms with Crippen molar-refractivity contribution in [3.05, 3.63) is 59.7 Å². The molecule has 0 aromatic heterocycles. The number of carbonyl (C=O) groups excluding carboxylic acids is 1. The number of anilines is 1. The molecule has 0 spiro atoms. The van der Waals surface area contributed by atoms with Crippen molar-refractivity contribution in [3.8, 4) is 5.75 Å². The van der Waals surface area contributed by atoms with Crippen LogP contribution >= 0.6 is 0 Å². The summed E-state index contributed by atoms with van der Waals surface area (Å²) in [6, 6.07) is 14.2. The van der Waals surface area contributed by atoms with Crippen LogP contribution in [0.3, 0.4) is 0 Å². The molecule has 20 heavy (non-hydrogen) atoms. The third kappa shape index (κ3) is 3.35. The molecule has 0 aliphatic heterocycles. The van der Waals surface area contributed by atoms with Gasteiger partial charge in [0.05, 0.1) is 18.9 Å². The van der Waals surface area contributed by atoms with Crippen LogP contribution in [0.4, 0.5) is 5.69 Å². The van der Waals surface area contributed by atoms with Crippen LogP contribution < -0.4 is 15.9 Å². The number of nitrogens with zero attached hydrogens (tertiary/aromatic N) is 1. The Bertz CT molecular complexity index is 639. The van der Waals surface area contributed by atoms with Crippen molar-refractivity contribution in [2.75, 3.05) is 12.8 Å². The van der Waals surface area contributed by atoms with Gasteiger partial charge in [-0.25, -0.2) is 5.43 Å². The highest BCUT2D eigenvalue weighted by atomic mass is 16.5. The van der Waals surface area contributed by atoms with E-state index in [1.165, 1.54) is 0 Å². The number of benzene rings is 2. The van der Waals surface area contributed by atoms with Gasteiger partial charge in [0.2, 0.25) is 0 Å². The highest BCUT2D eigenvalue weighted by Crippen LogP contribution is 2.11. The Labute approximate surface area is 117 Å². The first kappa shape index (κ1) is 13.6. The van der Waals surface area contributed by atoms with Gasteiger partial charge in [0.1, 0.15) is 5.75 Å². The first-order valence-electron chi connectivity index (χ1n) is 6.02. The van der Waals surface area contributed by atoms with Gasteiger partial charge < -0.3 is 10.5 Å². The molecule has 0 unspecified atom stereocenters. The number of para-hydroxylation sites is 1. The van der Waals surface area contributed by atoms with Crippen LogP contribution in [0.25, 0.3) is 0 Å². The van der Waals surface area contributed by atoms with E-state index in [0.717, 1.165) is 11.3 Å². The molecule has 0 bridgehead atoms. The third-order valence-electron chi connectivity index (χ3n) is 2.68. The molecule has 0 saturated carbocycles. The van der Waals surface area contributed by atoms with Crippen LogP contribution in [0.15, 0.2) is 53.6 Å². The number of nitrogens with one attached hydrogen (secondary N) is 1. The molecule has 2 rings (SSSR count). The Balaban J connectivity index is 2.03. The molecule has 102 valence electrons. The molecule has 0 saturated heterocycles. The molecule has 2 aromatic rings. The molecule has 1 amide bonds. The Morgan fingerprint density at radius 1 is 1.25 bits per heavy atom. The zero-order chi connectivity index (χ0) is 14.4. The lowest BCUT2D eigenvalue weighted by Crippen LogP contribution is -2.18. The molecule has 5 heteroatoms. The Kier molecular flexibility index (Phi) is 4.34. The number of methoxy groups -OCH3 is 1. The molecule has 0 aliphatic rings. The Morgan fingerprint density at radius 2 is 2.05 bits per heavy atom. The van der Waals surface area contributed by atoms with E-state index in [4.69, 9.17) is 10.5 Å². The van der Waals surface area contributed by atoms with Crippen molar-refractivity contribution in [1.29, 1.82) is 0 Å². The summed E-state index contributed by atoms with van der Waals surface area (Å²) in [5.74, 6) is 0.384. The van der Waals surface area contributed by atoms with Gasteiger partial charge in [-0.15, -0.1) is 0 Å². The van der Waals surface area contributed by atoms with E-state index >= 15 is 0 Å². The van der Waals surface area contributed by atoms with Gasteiger partial charge in [0.15, 0.2) is 0 Å². The second kappa shape index (κ2) is 6.38. The largest absolute Gasteiger partial charge is 0.497 e. The molecule has 0 heterocycles. The number of rotatable bonds is 4. The number of hydrogen-bond donors (Lipinski definition) is 2. The maximum absolute atomic E-state index is 11.8. The fourth-order valence-electron chi connectivity index (χ4n) is 1.65. The zero-order valence-corrected chi connectivity index (χ0v) is 11.0. The first-order valence-corrected chi connectivity index (χ1v) is 6.02. The lowest BCUT2D eigenvalue weighted by Gasteiger charge is -2.03. The van der Waals surface area contributed by atoms with Crippen LogP contribution in [0, 0.1) is 0 Å². The van der Waals surface area contributed by atoms with Gasteiger partial charge in [-0.2, -0.15) is 5.10 Å². The highest BCUT2D eigenvalue weighted by Gasteiger charge is 2.06. The topological polar surface area (TPSA) is 76.7 Å². The zero-order valence-electron chi connectivity index (χ0n) is 11.0. The van der Waals surface area contributed by atoms with Gasteiger partial charge in [0, 0.05) is 5.69 Å². The molecule has 5 nitrogen and oxygen atoms in total. The summed E-state index contributed by atoms with van der Waals surface area (Å²) < 4.78 is 5.10. The predicted molar refractivity (Wildman–Crippen MR) is 78.9 cm³/mol. The van der Waals surface area contributed by atoms with Gasteiger partial charge in [-0.1, -0.05) is 24.3 Å². The summed E-state index contributed by atoms with van der Waals surface area (Å²) in [4.78, 5) is 11.8. The first-order chi connectivity index (χ1) is 9.70. The monoisotopic (exact) mass is 269 g/mol. The Hall–Kier alpha value is -2.82. The minimum atomic E-state index is -0.345. The van der Waals surface area contributed by atoms with Crippen LogP contribution in [-0.2, 0) is 0 Å². The average molecular weight is 269 g/mol. The average Bonchev–Trinajstić information content (AvgIpc) is 2.48. The molecule has 3 N–H and O–H groups in total. The minimum absolute atomic E-state index is 0.345. The van der Waals surface area contributed by atoms with E-state index in [2.05, 4.69) is 10.5 Å². The van der Waals surface area contributed by atoms with Crippen LogP contribution in [0.5, 0.6) is 5.75 Å². The van der Waals surface area contributed by atoms with E-state index in [-0.39, 0.29) is 5.91 Å². The summed E-state index contributed by atoms with van der Waals surface area (Å²) in [6.07, 6.45) is 1.54. The van der Waals surface area contributed by atoms with E-state index in [9.17, 15) is 4.79 Å². The normalized spacial score (nSPS) is 10.4. The fourth-order valence-corrected chi connectivity index (χ4v) is 1.65. The van der Waals surface area contributed by atoms with Gasteiger partial charge in [0.25, 0.3) is 5.91 Å². The van der Waals surface area contributed by atoms with Crippen molar-refractivity contribution >= 4 is 17.8 Å².